The Morgan fingerprint density at radius 1 is 0.897 bits per heavy atom. The van der Waals surface area contributed by atoms with Crippen LogP contribution in [0.2, 0.25) is 0 Å². The number of ketones is 1. The molecule has 0 bridgehead atoms. The molecule has 5 aliphatic rings. The van der Waals surface area contributed by atoms with E-state index in [2.05, 4.69) is 24.5 Å². The Morgan fingerprint density at radius 3 is 2.15 bits per heavy atom. The molecule has 5 atom stereocenters. The first-order chi connectivity index (χ1) is 18.6. The Hall–Kier alpha value is -2.65. The third-order valence-electron chi connectivity index (χ3n) is 10.5. The number of nitrogens with two attached hydrogens (primary N) is 1. The van der Waals surface area contributed by atoms with Crippen molar-refractivity contribution < 1.29 is 24.0 Å². The smallest absolute Gasteiger partial charge is 0.318 e. The Kier molecular flexibility index (Phi) is 7.93. The minimum atomic E-state index is -1.05. The number of Topliss-reactive ketones (excluding diaryl/α,β-unsaturated/α-hetero) is 1. The summed E-state index contributed by atoms with van der Waals surface area (Å²) in [4.78, 5) is 69.0. The monoisotopic (exact) mass is 543 g/mol. The van der Waals surface area contributed by atoms with Gasteiger partial charge in [-0.2, -0.15) is 0 Å². The summed E-state index contributed by atoms with van der Waals surface area (Å²) in [6.07, 6.45) is 10.2. The van der Waals surface area contributed by atoms with Gasteiger partial charge in [0.15, 0.2) is 0 Å². The first kappa shape index (κ1) is 27.9. The number of rotatable bonds is 9. The van der Waals surface area contributed by atoms with E-state index in [1.807, 2.05) is 0 Å². The molecule has 4 N–H and O–H groups in total. The van der Waals surface area contributed by atoms with E-state index in [1.54, 1.807) is 9.80 Å². The first-order valence-electron chi connectivity index (χ1n) is 15.1. The van der Waals surface area contributed by atoms with Crippen molar-refractivity contribution >= 4 is 29.5 Å². The fraction of sp³-hybridized carbons (Fsp3) is 0.828. The van der Waals surface area contributed by atoms with Gasteiger partial charge in [0.25, 0.3) is 5.91 Å². The number of hydrogen-bond donors (Lipinski definition) is 3. The number of hydrogen-bond acceptors (Lipinski definition) is 5. The highest BCUT2D eigenvalue weighted by Gasteiger charge is 2.69. The summed E-state index contributed by atoms with van der Waals surface area (Å²) in [6.45, 7) is 6.06. The minimum absolute atomic E-state index is 0.0317. The molecule has 3 saturated carbocycles. The van der Waals surface area contributed by atoms with Gasteiger partial charge in [0, 0.05) is 19.6 Å². The highest BCUT2D eigenvalue weighted by atomic mass is 16.2. The average Bonchev–Trinajstić information content (AvgIpc) is 3.35. The molecule has 5 rings (SSSR count). The predicted molar refractivity (Wildman–Crippen MR) is 144 cm³/mol. The van der Waals surface area contributed by atoms with Crippen molar-refractivity contribution in [2.45, 2.75) is 103 Å². The van der Waals surface area contributed by atoms with Gasteiger partial charge in [-0.15, -0.1) is 0 Å². The van der Waals surface area contributed by atoms with Gasteiger partial charge < -0.3 is 26.2 Å². The zero-order valence-corrected chi connectivity index (χ0v) is 23.5. The summed E-state index contributed by atoms with van der Waals surface area (Å²) >= 11 is 0. The molecule has 216 valence electrons. The molecule has 10 nitrogen and oxygen atoms in total. The average molecular weight is 544 g/mol. The predicted octanol–water partition coefficient (Wildman–Crippen LogP) is 1.95. The number of nitrogens with zero attached hydrogens (tertiary/aromatic N) is 2. The molecule has 0 aromatic rings. The topological polar surface area (TPSA) is 142 Å². The number of urea groups is 1. The standard InChI is InChI=1S/C29H45N5O5/c1-29(2)19-16-34(23(21(19)29)26(37)31-20(24(35)25(30)36)15-17-9-8-10-17)27(38)22(18-11-4-3-5-12-18)32-28(39)33-13-6-7-14-33/h17-23H,3-16H2,1-2H3,(H2,30,36)(H,31,37)(H,32,39). The summed E-state index contributed by atoms with van der Waals surface area (Å²) in [7, 11) is 0. The number of nitrogens with one attached hydrogen (secondary N) is 2. The highest BCUT2D eigenvalue weighted by Crippen LogP contribution is 2.65. The molecule has 5 amide bonds. The second-order valence-electron chi connectivity index (χ2n) is 13.2. The third kappa shape index (κ3) is 5.53. The van der Waals surface area contributed by atoms with Gasteiger partial charge in [0.2, 0.25) is 17.6 Å². The Morgan fingerprint density at radius 2 is 1.56 bits per heavy atom. The van der Waals surface area contributed by atoms with Crippen LogP contribution in [0.15, 0.2) is 0 Å². The molecule has 10 heteroatoms. The Balaban J connectivity index is 1.36. The van der Waals surface area contributed by atoms with Crippen molar-refractivity contribution in [3.63, 3.8) is 0 Å². The lowest BCUT2D eigenvalue weighted by atomic mass is 9.80. The van der Waals surface area contributed by atoms with Gasteiger partial charge in [0.05, 0.1) is 6.04 Å². The number of likely N-dealkylation sites (tertiary alicyclic amines) is 2. The van der Waals surface area contributed by atoms with E-state index in [0.29, 0.717) is 26.1 Å². The lowest BCUT2D eigenvalue weighted by Gasteiger charge is -2.38. The Labute approximate surface area is 231 Å². The van der Waals surface area contributed by atoms with Crippen LogP contribution in [0.5, 0.6) is 0 Å². The maximum Gasteiger partial charge on any atom is 0.318 e. The summed E-state index contributed by atoms with van der Waals surface area (Å²) < 4.78 is 0. The minimum Gasteiger partial charge on any atom is -0.363 e. The van der Waals surface area contributed by atoms with Crippen LogP contribution in [-0.4, -0.2) is 77.1 Å². The van der Waals surface area contributed by atoms with Gasteiger partial charge in [-0.1, -0.05) is 52.4 Å². The normalized spacial score (nSPS) is 29.6. The van der Waals surface area contributed by atoms with Crippen molar-refractivity contribution in [3.8, 4) is 0 Å². The van der Waals surface area contributed by atoms with E-state index in [4.69, 9.17) is 5.73 Å². The lowest BCUT2D eigenvalue weighted by Crippen LogP contribution is -2.60. The second-order valence-corrected chi connectivity index (χ2v) is 13.2. The van der Waals surface area contributed by atoms with Crippen LogP contribution in [0, 0.1) is 29.1 Å². The van der Waals surface area contributed by atoms with Crippen molar-refractivity contribution in [1.29, 1.82) is 0 Å². The molecular weight excluding hydrogens is 498 g/mol. The van der Waals surface area contributed by atoms with Crippen LogP contribution >= 0.6 is 0 Å². The van der Waals surface area contributed by atoms with E-state index < -0.39 is 35.7 Å². The van der Waals surface area contributed by atoms with E-state index >= 15 is 0 Å². The Bertz CT molecular complexity index is 998. The number of amides is 5. The van der Waals surface area contributed by atoms with Crippen LogP contribution < -0.4 is 16.4 Å². The third-order valence-corrected chi connectivity index (χ3v) is 10.5. The molecule has 2 saturated heterocycles. The highest BCUT2D eigenvalue weighted by molar-refractivity contribution is 6.37. The van der Waals surface area contributed by atoms with Crippen LogP contribution in [0.25, 0.3) is 0 Å². The number of piperidine rings is 1. The van der Waals surface area contributed by atoms with Gasteiger partial charge in [0.1, 0.15) is 12.1 Å². The summed E-state index contributed by atoms with van der Waals surface area (Å²) in [6, 6.07) is -2.58. The first-order valence-corrected chi connectivity index (χ1v) is 15.1. The summed E-state index contributed by atoms with van der Waals surface area (Å²) in [5, 5.41) is 5.92. The number of primary amides is 1. The molecular formula is C29H45N5O5. The quantitative estimate of drug-likeness (QED) is 0.381. The molecule has 0 aromatic heterocycles. The lowest BCUT2D eigenvalue weighted by molar-refractivity contribution is -0.144. The molecule has 0 radical (unpaired) electrons. The van der Waals surface area contributed by atoms with Crippen molar-refractivity contribution in [2.24, 2.45) is 34.8 Å². The molecule has 2 heterocycles. The van der Waals surface area contributed by atoms with E-state index in [9.17, 15) is 24.0 Å². The summed E-state index contributed by atoms with van der Waals surface area (Å²) in [5.74, 6) is -1.97. The van der Waals surface area contributed by atoms with Crippen molar-refractivity contribution in [2.75, 3.05) is 19.6 Å². The molecule has 2 aliphatic heterocycles. The number of fused-ring (bicyclic) bond motifs is 1. The van der Waals surface area contributed by atoms with Crippen LogP contribution in [-0.2, 0) is 19.2 Å². The fourth-order valence-electron chi connectivity index (χ4n) is 7.71. The molecule has 39 heavy (non-hydrogen) atoms. The van der Waals surface area contributed by atoms with Gasteiger partial charge in [-0.3, -0.25) is 19.2 Å². The van der Waals surface area contributed by atoms with Gasteiger partial charge in [-0.05, 0) is 61.2 Å². The molecule has 0 spiro atoms. The number of carbonyl (C=O) groups is 5. The zero-order chi connectivity index (χ0) is 27.9. The van der Waals surface area contributed by atoms with Crippen molar-refractivity contribution in [3.05, 3.63) is 0 Å². The number of carbonyl (C=O) groups excluding carboxylic acids is 5. The summed E-state index contributed by atoms with van der Waals surface area (Å²) in [5.41, 5.74) is 5.23. The molecule has 3 aliphatic carbocycles. The largest absolute Gasteiger partial charge is 0.363 e. The second kappa shape index (κ2) is 11.1. The van der Waals surface area contributed by atoms with Gasteiger partial charge >= 0.3 is 6.03 Å². The molecule has 5 unspecified atom stereocenters. The maximum atomic E-state index is 14.2. The molecule has 0 aromatic carbocycles. The zero-order valence-electron chi connectivity index (χ0n) is 23.5. The van der Waals surface area contributed by atoms with Crippen LogP contribution in [0.4, 0.5) is 4.79 Å². The van der Waals surface area contributed by atoms with Gasteiger partial charge in [-0.25, -0.2) is 4.79 Å². The van der Waals surface area contributed by atoms with E-state index in [0.717, 1.165) is 64.2 Å². The van der Waals surface area contributed by atoms with Crippen LogP contribution in [0.1, 0.15) is 84.5 Å². The van der Waals surface area contributed by atoms with Crippen molar-refractivity contribution in [1.82, 2.24) is 20.4 Å². The maximum absolute atomic E-state index is 14.2. The van der Waals surface area contributed by atoms with Crippen LogP contribution in [0.3, 0.4) is 0 Å². The fourth-order valence-corrected chi connectivity index (χ4v) is 7.71. The molecule has 5 fully saturated rings. The SMILES string of the molecule is CC1(C)C2CN(C(=O)C(NC(=O)N3CCCC3)C3CCCCC3)C(C(=O)NC(CC3CCC3)C(=O)C(N)=O)C21. The van der Waals surface area contributed by atoms with E-state index in [1.165, 1.54) is 0 Å². The van der Waals surface area contributed by atoms with E-state index in [-0.39, 0.29) is 41.0 Å².